The molecule has 1 aliphatic rings. The molecule has 1 aliphatic carbocycles. The number of nitrogens with zero attached hydrogens (tertiary/aromatic N) is 5. The number of fused-ring (bicyclic) bond motifs is 1. The molecule has 0 saturated carbocycles. The molecule has 2 aromatic heterocycles. The largest absolute Gasteiger partial charge is 0.228 e. The summed E-state index contributed by atoms with van der Waals surface area (Å²) >= 11 is 0. The molecule has 5 heteroatoms. The summed E-state index contributed by atoms with van der Waals surface area (Å²) in [4.78, 5) is 24.9. The van der Waals surface area contributed by atoms with Crippen LogP contribution in [0.2, 0.25) is 0 Å². The second-order valence-electron chi connectivity index (χ2n) is 10.7. The summed E-state index contributed by atoms with van der Waals surface area (Å²) in [6.45, 7) is 13.9. The summed E-state index contributed by atoms with van der Waals surface area (Å²) in [5, 5.41) is 0. The molecular weight excluding hydrogens is 550 g/mol. The van der Waals surface area contributed by atoms with Gasteiger partial charge in [0.1, 0.15) is 0 Å². The molecule has 0 atom stereocenters. The van der Waals surface area contributed by atoms with Crippen molar-refractivity contribution in [3.8, 4) is 45.4 Å². The van der Waals surface area contributed by atoms with Gasteiger partial charge in [-0.3, -0.25) is 0 Å². The maximum absolute atomic E-state index is 5.20. The van der Waals surface area contributed by atoms with E-state index in [-0.39, 0.29) is 0 Å². The Morgan fingerprint density at radius 1 is 0.622 bits per heavy atom. The first-order valence-electron chi connectivity index (χ1n) is 14.9. The highest BCUT2D eigenvalue weighted by Gasteiger charge is 2.23. The van der Waals surface area contributed by atoms with Crippen LogP contribution in [0.3, 0.4) is 0 Å². The van der Waals surface area contributed by atoms with Gasteiger partial charge in [-0.15, -0.1) is 0 Å². The Morgan fingerprint density at radius 2 is 1.22 bits per heavy atom. The minimum atomic E-state index is 0.523. The molecular formula is C40H33N5. The zero-order chi connectivity index (χ0) is 31.2. The van der Waals surface area contributed by atoms with Crippen LogP contribution in [-0.2, 0) is 6.42 Å². The molecule has 6 rings (SSSR count). The summed E-state index contributed by atoms with van der Waals surface area (Å²) in [5.41, 5.74) is 9.93. The smallest absolute Gasteiger partial charge is 0.164 e. The molecule has 2 heterocycles. The Balaban J connectivity index is 1.54. The van der Waals surface area contributed by atoms with E-state index < -0.39 is 0 Å². The molecule has 5 aromatic rings. The SMILES string of the molecule is C=C/C=C\C1=C(C)CCc2c1nc(-c1cccc(-c3nc(/C(C=C)=C/C=C)nc(-c4ccccc4)n3)c1)nc2-c1ccccc1. The lowest BCUT2D eigenvalue weighted by Crippen LogP contribution is -2.10. The van der Waals surface area contributed by atoms with Crippen molar-refractivity contribution in [3.63, 3.8) is 0 Å². The number of hydrogen-bond donors (Lipinski definition) is 0. The number of allylic oxidation sites excluding steroid dienone is 9. The molecule has 0 amide bonds. The van der Waals surface area contributed by atoms with Gasteiger partial charge in [0, 0.05) is 33.4 Å². The second kappa shape index (κ2) is 13.2. The van der Waals surface area contributed by atoms with E-state index in [1.807, 2.05) is 84.9 Å². The quantitative estimate of drug-likeness (QED) is 0.162. The lowest BCUT2D eigenvalue weighted by molar-refractivity contribution is 0.893. The van der Waals surface area contributed by atoms with Crippen molar-refractivity contribution in [1.29, 1.82) is 0 Å². The van der Waals surface area contributed by atoms with E-state index in [1.54, 1.807) is 18.2 Å². The van der Waals surface area contributed by atoms with Gasteiger partial charge in [-0.2, -0.15) is 0 Å². The average Bonchev–Trinajstić information content (AvgIpc) is 3.10. The van der Waals surface area contributed by atoms with Gasteiger partial charge in [0.2, 0.25) is 0 Å². The Bertz CT molecular complexity index is 2000. The Labute approximate surface area is 264 Å². The summed E-state index contributed by atoms with van der Waals surface area (Å²) in [6.07, 6.45) is 13.0. The van der Waals surface area contributed by atoms with Crippen LogP contribution < -0.4 is 0 Å². The molecule has 3 aromatic carbocycles. The Kier molecular flexibility index (Phi) is 8.60. The lowest BCUT2D eigenvalue weighted by atomic mass is 9.87. The van der Waals surface area contributed by atoms with Gasteiger partial charge in [-0.05, 0) is 31.4 Å². The highest BCUT2D eigenvalue weighted by molar-refractivity contribution is 5.83. The van der Waals surface area contributed by atoms with E-state index in [0.717, 1.165) is 63.2 Å². The van der Waals surface area contributed by atoms with E-state index in [9.17, 15) is 0 Å². The van der Waals surface area contributed by atoms with Gasteiger partial charge in [-0.1, -0.05) is 141 Å². The maximum atomic E-state index is 5.20. The zero-order valence-electron chi connectivity index (χ0n) is 25.3. The zero-order valence-corrected chi connectivity index (χ0v) is 25.3. The third-order valence-corrected chi connectivity index (χ3v) is 7.74. The fourth-order valence-corrected chi connectivity index (χ4v) is 5.45. The number of rotatable bonds is 9. The van der Waals surface area contributed by atoms with Gasteiger partial charge in [0.05, 0.1) is 11.4 Å². The summed E-state index contributed by atoms with van der Waals surface area (Å²) in [7, 11) is 0. The van der Waals surface area contributed by atoms with Crippen molar-refractivity contribution in [2.45, 2.75) is 19.8 Å². The molecule has 0 aliphatic heterocycles. The normalized spacial score (nSPS) is 13.0. The summed E-state index contributed by atoms with van der Waals surface area (Å²) < 4.78 is 0. The van der Waals surface area contributed by atoms with Crippen LogP contribution >= 0.6 is 0 Å². The third kappa shape index (κ3) is 6.15. The summed E-state index contributed by atoms with van der Waals surface area (Å²) in [6, 6.07) is 28.3. The van der Waals surface area contributed by atoms with Crippen LogP contribution in [-0.4, -0.2) is 24.9 Å². The highest BCUT2D eigenvalue weighted by Crippen LogP contribution is 2.38. The van der Waals surface area contributed by atoms with Crippen molar-refractivity contribution in [1.82, 2.24) is 24.9 Å². The Morgan fingerprint density at radius 3 is 1.87 bits per heavy atom. The average molecular weight is 584 g/mol. The number of benzene rings is 3. The van der Waals surface area contributed by atoms with Gasteiger partial charge in [-0.25, -0.2) is 24.9 Å². The highest BCUT2D eigenvalue weighted by atomic mass is 15.0. The molecule has 0 N–H and O–H groups in total. The van der Waals surface area contributed by atoms with E-state index in [0.29, 0.717) is 23.3 Å². The van der Waals surface area contributed by atoms with Gasteiger partial charge in [0.25, 0.3) is 0 Å². The molecule has 0 unspecified atom stereocenters. The molecule has 0 fully saturated rings. The first-order chi connectivity index (χ1) is 22.1. The first-order valence-corrected chi connectivity index (χ1v) is 14.9. The van der Waals surface area contributed by atoms with E-state index in [4.69, 9.17) is 24.9 Å². The van der Waals surface area contributed by atoms with Crippen LogP contribution in [0.25, 0.3) is 56.6 Å². The van der Waals surface area contributed by atoms with Crippen LogP contribution in [0.1, 0.15) is 30.4 Å². The molecule has 5 nitrogen and oxygen atoms in total. The maximum Gasteiger partial charge on any atom is 0.164 e. The summed E-state index contributed by atoms with van der Waals surface area (Å²) in [5.74, 6) is 2.29. The minimum Gasteiger partial charge on any atom is -0.228 e. The fraction of sp³-hybridized carbons (Fsp3) is 0.0750. The number of aromatic nitrogens is 5. The van der Waals surface area contributed by atoms with Gasteiger partial charge < -0.3 is 0 Å². The molecule has 0 saturated heterocycles. The van der Waals surface area contributed by atoms with Crippen molar-refractivity contribution in [2.24, 2.45) is 0 Å². The predicted octanol–water partition coefficient (Wildman–Crippen LogP) is 9.55. The van der Waals surface area contributed by atoms with Crippen molar-refractivity contribution in [2.75, 3.05) is 0 Å². The van der Waals surface area contributed by atoms with Crippen molar-refractivity contribution < 1.29 is 0 Å². The van der Waals surface area contributed by atoms with Crippen LogP contribution in [0.15, 0.2) is 147 Å². The standard InChI is InChI=1S/C40H33N5/c1-5-8-23-33-27(4)24-25-34-35(29-17-11-9-12-18-29)41-39(42-36(33)34)31-21-15-22-32(26-31)40-44-37(28(7-3)16-6-2)43-38(45-40)30-19-13-10-14-20-30/h5-23,26H,1-3,24-25H2,4H3/b23-8-,28-16+. The van der Waals surface area contributed by atoms with E-state index in [2.05, 4.69) is 44.9 Å². The lowest BCUT2D eigenvalue weighted by Gasteiger charge is -2.22. The second-order valence-corrected chi connectivity index (χ2v) is 10.7. The monoisotopic (exact) mass is 583 g/mol. The molecule has 0 bridgehead atoms. The number of hydrogen-bond acceptors (Lipinski definition) is 5. The van der Waals surface area contributed by atoms with Gasteiger partial charge in [0.15, 0.2) is 23.3 Å². The predicted molar refractivity (Wildman–Crippen MR) is 186 cm³/mol. The molecule has 0 spiro atoms. The van der Waals surface area contributed by atoms with Crippen LogP contribution in [0, 0.1) is 0 Å². The van der Waals surface area contributed by atoms with E-state index >= 15 is 0 Å². The topological polar surface area (TPSA) is 64.5 Å². The molecule has 45 heavy (non-hydrogen) atoms. The fourth-order valence-electron chi connectivity index (χ4n) is 5.45. The minimum absolute atomic E-state index is 0.523. The van der Waals surface area contributed by atoms with E-state index in [1.165, 1.54) is 5.57 Å². The van der Waals surface area contributed by atoms with Crippen LogP contribution in [0.5, 0.6) is 0 Å². The van der Waals surface area contributed by atoms with Crippen LogP contribution in [0.4, 0.5) is 0 Å². The molecule has 218 valence electrons. The van der Waals surface area contributed by atoms with Crippen molar-refractivity contribution in [3.05, 3.63) is 164 Å². The van der Waals surface area contributed by atoms with Crippen molar-refractivity contribution >= 4 is 11.1 Å². The first kappa shape index (κ1) is 29.3. The molecule has 0 radical (unpaired) electrons. The van der Waals surface area contributed by atoms with Gasteiger partial charge >= 0.3 is 0 Å². The third-order valence-electron chi connectivity index (χ3n) is 7.74. The Hall–Kier alpha value is -5.81.